The molecule has 1 unspecified atom stereocenters. The summed E-state index contributed by atoms with van der Waals surface area (Å²) < 4.78 is 0. The van der Waals surface area contributed by atoms with E-state index in [0.717, 1.165) is 6.42 Å². The third-order valence-corrected chi connectivity index (χ3v) is 7.81. The maximum atomic E-state index is 10.5. The van der Waals surface area contributed by atoms with Crippen LogP contribution in [0.25, 0.3) is 0 Å². The minimum absolute atomic E-state index is 0.0431. The summed E-state index contributed by atoms with van der Waals surface area (Å²) in [6.07, 6.45) is 9.75. The van der Waals surface area contributed by atoms with Gasteiger partial charge in [-0.05, 0) is 0 Å². The van der Waals surface area contributed by atoms with Gasteiger partial charge in [0.25, 0.3) is 0 Å². The molecule has 7 heteroatoms. The molecule has 1 aliphatic carbocycles. The van der Waals surface area contributed by atoms with Crippen molar-refractivity contribution in [2.75, 3.05) is 11.5 Å². The zero-order valence-electron chi connectivity index (χ0n) is 17.7. The molecule has 0 bridgehead atoms. The van der Waals surface area contributed by atoms with Crippen molar-refractivity contribution in [3.63, 3.8) is 0 Å². The Labute approximate surface area is 189 Å². The summed E-state index contributed by atoms with van der Waals surface area (Å²) in [4.78, 5) is 13.2. The minimum atomic E-state index is -0.811. The number of carboxylic acid groups (broad SMARTS) is 1. The zero-order chi connectivity index (χ0) is 22.1. The molecule has 2 rings (SSSR count). The van der Waals surface area contributed by atoms with Crippen LogP contribution in [0.3, 0.4) is 0 Å². The van der Waals surface area contributed by atoms with E-state index in [1.54, 1.807) is 17.3 Å². The van der Waals surface area contributed by atoms with Gasteiger partial charge in [-0.25, -0.2) is 0 Å². The van der Waals surface area contributed by atoms with Crippen LogP contribution >= 0.6 is 23.1 Å². The Morgan fingerprint density at radius 2 is 2.17 bits per heavy atom. The monoisotopic (exact) mass is 447 g/mol. The van der Waals surface area contributed by atoms with Crippen LogP contribution in [0.4, 0.5) is 0 Å². The Balaban J connectivity index is 1.89. The first-order valence-corrected chi connectivity index (χ1v) is 12.4. The van der Waals surface area contributed by atoms with E-state index in [-0.39, 0.29) is 23.5 Å². The standard InChI is InChI=1S/C23H32BO4S2/c1-15-11-19(30-16(15)2)8-6-18(25)7-9-20-17(13-24)12-22(26)21(20)5-3-4-10-29-14-23(27)28/h3-4,7,9,11,13,17-18,20-22,25-26H,5-6,8,10,12,14H2,1-2H3,(H,27,28)/b4-3-,9-7+/t17-,18-,20-,21+,22?/m0/s1. The van der Waals surface area contributed by atoms with Crippen LogP contribution in [0.2, 0.25) is 0 Å². The molecule has 1 radical (unpaired) electrons. The van der Waals surface area contributed by atoms with E-state index in [0.29, 0.717) is 25.0 Å². The number of thiophene rings is 1. The van der Waals surface area contributed by atoms with Crippen molar-refractivity contribution in [2.45, 2.75) is 51.7 Å². The third-order valence-electron chi connectivity index (χ3n) is 5.72. The van der Waals surface area contributed by atoms with Crippen LogP contribution < -0.4 is 0 Å². The van der Waals surface area contributed by atoms with E-state index in [1.165, 1.54) is 27.1 Å². The van der Waals surface area contributed by atoms with Crippen LogP contribution in [0, 0.1) is 31.6 Å². The van der Waals surface area contributed by atoms with Crippen molar-refractivity contribution in [1.29, 1.82) is 0 Å². The van der Waals surface area contributed by atoms with Gasteiger partial charge in [0.15, 0.2) is 0 Å². The number of aryl methyl sites for hydroxylation is 3. The molecule has 1 saturated carbocycles. The maximum absolute atomic E-state index is 10.5. The van der Waals surface area contributed by atoms with Crippen molar-refractivity contribution < 1.29 is 20.1 Å². The first-order valence-electron chi connectivity index (χ1n) is 10.4. The molecule has 163 valence electrons. The average molecular weight is 447 g/mol. The number of hydrogen-bond donors (Lipinski definition) is 3. The van der Waals surface area contributed by atoms with Gasteiger partial charge in [-0.15, -0.1) is 0 Å². The number of aliphatic hydroxyl groups is 2. The van der Waals surface area contributed by atoms with Gasteiger partial charge in [-0.2, -0.15) is 0 Å². The second-order valence-electron chi connectivity index (χ2n) is 7.96. The number of hydrogen-bond acceptors (Lipinski definition) is 5. The van der Waals surface area contributed by atoms with Crippen LogP contribution in [0.5, 0.6) is 0 Å². The molecule has 1 aromatic rings. The first-order chi connectivity index (χ1) is 14.3. The summed E-state index contributed by atoms with van der Waals surface area (Å²) in [5.74, 6) is 1.80. The van der Waals surface area contributed by atoms with E-state index in [2.05, 4.69) is 19.9 Å². The number of aliphatic hydroxyl groups excluding tert-OH is 2. The molecular weight excluding hydrogens is 415 g/mol. The summed E-state index contributed by atoms with van der Waals surface area (Å²) in [5.41, 5.74) is 1.30. The van der Waals surface area contributed by atoms with Crippen molar-refractivity contribution in [3.8, 4) is 0 Å². The summed E-state index contributed by atoms with van der Waals surface area (Å²) in [6.45, 7) is 4.23. The van der Waals surface area contributed by atoms with E-state index in [4.69, 9.17) is 12.6 Å². The summed E-state index contributed by atoms with van der Waals surface area (Å²) in [7, 11) is 5.82. The molecule has 0 aromatic carbocycles. The normalized spacial score (nSPS) is 25.3. The number of rotatable bonds is 12. The van der Waals surface area contributed by atoms with E-state index in [9.17, 15) is 15.0 Å². The molecule has 4 nitrogen and oxygen atoms in total. The van der Waals surface area contributed by atoms with Gasteiger partial charge in [-0.1, -0.05) is 0 Å². The quantitative estimate of drug-likeness (QED) is 0.260. The van der Waals surface area contributed by atoms with Crippen LogP contribution in [-0.2, 0) is 11.2 Å². The fraction of sp³-hybridized carbons (Fsp3) is 0.565. The number of thioether (sulfide) groups is 1. The Morgan fingerprint density at radius 1 is 1.40 bits per heavy atom. The van der Waals surface area contributed by atoms with Gasteiger partial charge in [0, 0.05) is 0 Å². The van der Waals surface area contributed by atoms with Crippen molar-refractivity contribution in [1.82, 2.24) is 0 Å². The van der Waals surface area contributed by atoms with Crippen LogP contribution in [0.15, 0.2) is 30.4 Å². The van der Waals surface area contributed by atoms with Gasteiger partial charge in [0.05, 0.1) is 0 Å². The van der Waals surface area contributed by atoms with Gasteiger partial charge in [0.2, 0.25) is 0 Å². The summed E-state index contributed by atoms with van der Waals surface area (Å²) >= 11 is 3.14. The topological polar surface area (TPSA) is 77.8 Å². The molecule has 0 spiro atoms. The second kappa shape index (κ2) is 12.6. The number of aliphatic carboxylic acids is 1. The third kappa shape index (κ3) is 7.84. The average Bonchev–Trinajstić information content (AvgIpc) is 3.19. The van der Waals surface area contributed by atoms with Crippen molar-refractivity contribution >= 4 is 42.5 Å². The molecule has 1 aromatic heterocycles. The van der Waals surface area contributed by atoms with Crippen molar-refractivity contribution in [2.24, 2.45) is 17.8 Å². The molecule has 0 amide bonds. The molecular formula is C23H32BO4S2. The fourth-order valence-electron chi connectivity index (χ4n) is 3.94. The van der Waals surface area contributed by atoms with Crippen molar-refractivity contribution in [3.05, 3.63) is 45.7 Å². The molecule has 1 fully saturated rings. The Kier molecular flexibility index (Phi) is 10.6. The summed E-state index contributed by atoms with van der Waals surface area (Å²) in [5, 5.41) is 29.6. The molecule has 30 heavy (non-hydrogen) atoms. The van der Waals surface area contributed by atoms with Crippen LogP contribution in [-0.4, -0.2) is 58.5 Å². The fourth-order valence-corrected chi connectivity index (χ4v) is 5.58. The number of allylic oxidation sites excluding steroid dienone is 2. The molecule has 1 heterocycles. The zero-order valence-corrected chi connectivity index (χ0v) is 19.4. The predicted molar refractivity (Wildman–Crippen MR) is 129 cm³/mol. The molecule has 0 aliphatic heterocycles. The Bertz CT molecular complexity index is 739. The Morgan fingerprint density at radius 3 is 2.80 bits per heavy atom. The molecule has 0 saturated heterocycles. The van der Waals surface area contributed by atoms with Gasteiger partial charge < -0.3 is 0 Å². The predicted octanol–water partition coefficient (Wildman–Crippen LogP) is 3.56. The van der Waals surface area contributed by atoms with Crippen LogP contribution in [0.1, 0.15) is 34.6 Å². The first kappa shape index (κ1) is 25.1. The Hall–Kier alpha value is -1.15. The molecule has 1 aliphatic rings. The number of carboxylic acids is 1. The van der Waals surface area contributed by atoms with Gasteiger partial charge in [0.1, 0.15) is 0 Å². The number of carbonyl (C=O) groups is 1. The van der Waals surface area contributed by atoms with Gasteiger partial charge in [-0.3, -0.25) is 0 Å². The summed E-state index contributed by atoms with van der Waals surface area (Å²) in [6, 6.07) is 2.19. The molecule has 5 atom stereocenters. The SMILES string of the molecule is [B]=C[C@@H]1CC(O)[C@H](C/C=C\CSCC(=O)O)[C@H]1/C=C/[C@@H](O)CCc1cc(C)c(C)s1. The molecule has 3 N–H and O–H groups in total. The van der Waals surface area contributed by atoms with E-state index >= 15 is 0 Å². The second-order valence-corrected chi connectivity index (χ2v) is 10.3. The van der Waals surface area contributed by atoms with E-state index < -0.39 is 18.2 Å². The van der Waals surface area contributed by atoms with Gasteiger partial charge >= 0.3 is 189 Å². The van der Waals surface area contributed by atoms with E-state index in [1.807, 2.05) is 24.3 Å².